The highest BCUT2D eigenvalue weighted by Crippen LogP contribution is 2.32. The van der Waals surface area contributed by atoms with Gasteiger partial charge in [-0.2, -0.15) is 15.1 Å². The standard InChI is InChI=1S/C22H21Cl2N5OS/c1-4-5-6-19-27-29-20(25)16(21(30)26-22(29)31-19)10-14-9-12(2)28(13(14)3)18-11-15(23)7-8-17(18)24/h7-11,25H,4-6H2,1-3H3/b16-10-,25-20?. The van der Waals surface area contributed by atoms with Crippen molar-refractivity contribution < 1.29 is 4.79 Å². The molecular formula is C22H21Cl2N5OS. The number of hydrazone groups is 1. The van der Waals surface area contributed by atoms with Crippen molar-refractivity contribution in [3.8, 4) is 5.69 Å². The molecule has 4 rings (SSSR count). The number of benzene rings is 1. The van der Waals surface area contributed by atoms with Crippen molar-refractivity contribution in [3.63, 3.8) is 0 Å². The number of hydrogen-bond donors (Lipinski definition) is 1. The zero-order valence-corrected chi connectivity index (χ0v) is 19.7. The Morgan fingerprint density at radius 2 is 2.00 bits per heavy atom. The van der Waals surface area contributed by atoms with Gasteiger partial charge in [-0.25, -0.2) is 0 Å². The van der Waals surface area contributed by atoms with Crippen molar-refractivity contribution in [2.24, 2.45) is 10.1 Å². The number of amidine groups is 2. The summed E-state index contributed by atoms with van der Waals surface area (Å²) in [6, 6.07) is 7.25. The minimum Gasteiger partial charge on any atom is -0.316 e. The number of fused-ring (bicyclic) bond motifs is 1. The second-order valence-corrected chi connectivity index (χ2v) is 9.26. The van der Waals surface area contributed by atoms with Gasteiger partial charge in [0.25, 0.3) is 5.91 Å². The Labute approximate surface area is 195 Å². The highest BCUT2D eigenvalue weighted by Gasteiger charge is 2.35. The number of nitrogens with zero attached hydrogens (tertiary/aromatic N) is 4. The number of nitrogens with one attached hydrogen (secondary N) is 1. The van der Waals surface area contributed by atoms with Crippen LogP contribution in [0.1, 0.15) is 43.1 Å². The Bertz CT molecular complexity index is 1190. The van der Waals surface area contributed by atoms with E-state index >= 15 is 0 Å². The van der Waals surface area contributed by atoms with Gasteiger partial charge in [0.2, 0.25) is 5.17 Å². The summed E-state index contributed by atoms with van der Waals surface area (Å²) < 4.78 is 1.99. The summed E-state index contributed by atoms with van der Waals surface area (Å²) in [5.41, 5.74) is 3.60. The minimum atomic E-state index is -0.429. The summed E-state index contributed by atoms with van der Waals surface area (Å²) in [5.74, 6) is -0.388. The molecule has 160 valence electrons. The van der Waals surface area contributed by atoms with Crippen molar-refractivity contribution >= 4 is 63.0 Å². The number of halogens is 2. The van der Waals surface area contributed by atoms with Gasteiger partial charge in [-0.15, -0.1) is 0 Å². The Morgan fingerprint density at radius 1 is 1.23 bits per heavy atom. The summed E-state index contributed by atoms with van der Waals surface area (Å²) in [7, 11) is 0. The number of aliphatic imine (C=N–C) groups is 1. The number of unbranched alkanes of at least 4 members (excludes halogenated alkanes) is 1. The number of rotatable bonds is 5. The minimum absolute atomic E-state index is 0.0413. The number of aromatic nitrogens is 1. The molecule has 2 aliphatic rings. The number of carbonyl (C=O) groups is 1. The van der Waals surface area contributed by atoms with E-state index in [0.29, 0.717) is 15.2 Å². The zero-order valence-electron chi connectivity index (χ0n) is 17.4. The van der Waals surface area contributed by atoms with E-state index in [0.717, 1.165) is 46.9 Å². The molecule has 0 fully saturated rings. The molecule has 9 heteroatoms. The van der Waals surface area contributed by atoms with Crippen molar-refractivity contribution in [1.82, 2.24) is 9.58 Å². The molecule has 1 aromatic carbocycles. The smallest absolute Gasteiger partial charge is 0.283 e. The fourth-order valence-electron chi connectivity index (χ4n) is 3.58. The molecule has 1 amide bonds. The monoisotopic (exact) mass is 473 g/mol. The zero-order chi connectivity index (χ0) is 22.3. The maximum atomic E-state index is 12.7. The molecule has 3 heterocycles. The molecule has 1 aromatic heterocycles. The SMILES string of the molecule is CCCCC1=NN2C(=N)/C(=C/c3cc(C)n(-c4cc(Cl)ccc4Cl)c3C)C(=O)N=C2S1. The predicted octanol–water partition coefficient (Wildman–Crippen LogP) is 6.21. The lowest BCUT2D eigenvalue weighted by molar-refractivity contribution is -0.114. The maximum absolute atomic E-state index is 12.7. The van der Waals surface area contributed by atoms with Crippen molar-refractivity contribution in [3.05, 3.63) is 56.8 Å². The number of thioether (sulfide) groups is 1. The molecule has 2 aliphatic heterocycles. The molecule has 0 saturated heterocycles. The first kappa shape index (κ1) is 21.9. The van der Waals surface area contributed by atoms with Crippen LogP contribution < -0.4 is 0 Å². The van der Waals surface area contributed by atoms with Gasteiger partial charge >= 0.3 is 0 Å². The first-order valence-corrected chi connectivity index (χ1v) is 11.5. The van der Waals surface area contributed by atoms with Gasteiger partial charge in [-0.3, -0.25) is 10.2 Å². The lowest BCUT2D eigenvalue weighted by Crippen LogP contribution is -2.35. The second kappa shape index (κ2) is 8.65. The number of amides is 1. The highest BCUT2D eigenvalue weighted by molar-refractivity contribution is 8.26. The molecule has 0 atom stereocenters. The van der Waals surface area contributed by atoms with Gasteiger partial charge in [0.1, 0.15) is 5.04 Å². The van der Waals surface area contributed by atoms with E-state index in [9.17, 15) is 4.79 Å². The van der Waals surface area contributed by atoms with Gasteiger partial charge in [-0.1, -0.05) is 36.5 Å². The molecule has 0 radical (unpaired) electrons. The third-order valence-corrected chi connectivity index (χ3v) is 6.68. The van der Waals surface area contributed by atoms with Gasteiger partial charge in [-0.05, 0) is 74.4 Å². The van der Waals surface area contributed by atoms with Crippen LogP contribution in [-0.2, 0) is 4.79 Å². The van der Waals surface area contributed by atoms with Crippen LogP contribution in [0.3, 0.4) is 0 Å². The van der Waals surface area contributed by atoms with E-state index in [2.05, 4.69) is 17.0 Å². The van der Waals surface area contributed by atoms with E-state index < -0.39 is 5.91 Å². The topological polar surface area (TPSA) is 73.8 Å². The molecule has 6 nitrogen and oxygen atoms in total. The van der Waals surface area contributed by atoms with E-state index in [-0.39, 0.29) is 11.4 Å². The normalized spacial score (nSPS) is 17.3. The molecular weight excluding hydrogens is 453 g/mol. The Balaban J connectivity index is 1.72. The Kier molecular flexibility index (Phi) is 6.10. The quantitative estimate of drug-likeness (QED) is 0.524. The van der Waals surface area contributed by atoms with Crippen LogP contribution in [-0.4, -0.2) is 31.5 Å². The van der Waals surface area contributed by atoms with E-state index in [1.807, 2.05) is 24.5 Å². The number of hydrogen-bond acceptors (Lipinski definition) is 4. The van der Waals surface area contributed by atoms with Crippen LogP contribution in [0.25, 0.3) is 11.8 Å². The third-order valence-electron chi connectivity index (χ3n) is 5.16. The van der Waals surface area contributed by atoms with Crippen LogP contribution in [0, 0.1) is 19.3 Å². The van der Waals surface area contributed by atoms with Crippen LogP contribution in [0.15, 0.2) is 39.9 Å². The number of carbonyl (C=O) groups excluding carboxylic acids is 1. The summed E-state index contributed by atoms with van der Waals surface area (Å²) in [6.07, 6.45) is 4.58. The van der Waals surface area contributed by atoms with Crippen molar-refractivity contribution in [2.45, 2.75) is 40.0 Å². The van der Waals surface area contributed by atoms with Crippen LogP contribution >= 0.6 is 35.0 Å². The molecule has 0 aliphatic carbocycles. The summed E-state index contributed by atoms with van der Waals surface area (Å²) in [5, 5.41) is 17.0. The molecule has 0 bridgehead atoms. The molecule has 0 saturated carbocycles. The molecule has 1 N–H and O–H groups in total. The third kappa shape index (κ3) is 4.10. The Morgan fingerprint density at radius 3 is 2.74 bits per heavy atom. The highest BCUT2D eigenvalue weighted by atomic mass is 35.5. The van der Waals surface area contributed by atoms with Crippen molar-refractivity contribution in [2.75, 3.05) is 0 Å². The van der Waals surface area contributed by atoms with E-state index in [4.69, 9.17) is 28.6 Å². The lowest BCUT2D eigenvalue weighted by Gasteiger charge is -2.20. The van der Waals surface area contributed by atoms with Gasteiger partial charge in [0.15, 0.2) is 5.84 Å². The lowest BCUT2D eigenvalue weighted by atomic mass is 10.1. The first-order valence-electron chi connectivity index (χ1n) is 9.93. The van der Waals surface area contributed by atoms with Crippen LogP contribution in [0.4, 0.5) is 0 Å². The fraction of sp³-hybridized carbons (Fsp3) is 0.273. The second-order valence-electron chi connectivity index (χ2n) is 7.37. The van der Waals surface area contributed by atoms with Crippen LogP contribution in [0.2, 0.25) is 10.0 Å². The summed E-state index contributed by atoms with van der Waals surface area (Å²) in [4.78, 5) is 16.9. The Hall–Kier alpha value is -2.35. The molecule has 0 unspecified atom stereocenters. The fourth-order valence-corrected chi connectivity index (χ4v) is 4.87. The summed E-state index contributed by atoms with van der Waals surface area (Å²) in [6.45, 7) is 6.01. The van der Waals surface area contributed by atoms with E-state index in [1.54, 1.807) is 24.3 Å². The molecule has 31 heavy (non-hydrogen) atoms. The predicted molar refractivity (Wildman–Crippen MR) is 130 cm³/mol. The van der Waals surface area contributed by atoms with E-state index in [1.165, 1.54) is 16.8 Å². The summed E-state index contributed by atoms with van der Waals surface area (Å²) >= 11 is 14.0. The van der Waals surface area contributed by atoms with Crippen LogP contribution in [0.5, 0.6) is 0 Å². The van der Waals surface area contributed by atoms with Gasteiger partial charge in [0.05, 0.1) is 16.3 Å². The average Bonchev–Trinajstić information content (AvgIpc) is 3.25. The first-order chi connectivity index (χ1) is 14.8. The largest absolute Gasteiger partial charge is 0.316 e. The van der Waals surface area contributed by atoms with Gasteiger partial charge < -0.3 is 4.57 Å². The van der Waals surface area contributed by atoms with Crippen molar-refractivity contribution in [1.29, 1.82) is 5.41 Å². The number of aryl methyl sites for hydroxylation is 1. The molecule has 0 spiro atoms. The maximum Gasteiger partial charge on any atom is 0.283 e. The van der Waals surface area contributed by atoms with Gasteiger partial charge in [0, 0.05) is 16.4 Å². The average molecular weight is 474 g/mol. The molecule has 2 aromatic rings.